The van der Waals surface area contributed by atoms with Gasteiger partial charge in [-0.2, -0.15) is 0 Å². The van der Waals surface area contributed by atoms with Gasteiger partial charge in [-0.3, -0.25) is 9.78 Å². The van der Waals surface area contributed by atoms with Crippen molar-refractivity contribution >= 4 is 23.2 Å². The van der Waals surface area contributed by atoms with Crippen molar-refractivity contribution in [2.75, 3.05) is 19.5 Å². The summed E-state index contributed by atoms with van der Waals surface area (Å²) in [5, 5.41) is 2.83. The maximum absolute atomic E-state index is 12.0. The molecule has 2 rings (SSSR count). The first kappa shape index (κ1) is 14.1. The van der Waals surface area contributed by atoms with Crippen LogP contribution in [0.15, 0.2) is 30.6 Å². The Morgan fingerprint density at radius 3 is 2.35 bits per heavy atom. The van der Waals surface area contributed by atoms with E-state index in [-0.39, 0.29) is 10.8 Å². The lowest BCUT2D eigenvalue weighted by atomic mass is 10.2. The van der Waals surface area contributed by atoms with Crippen LogP contribution in [-0.2, 0) is 0 Å². The Morgan fingerprint density at radius 1 is 1.15 bits per heavy atom. The fourth-order valence-electron chi connectivity index (χ4n) is 1.53. The van der Waals surface area contributed by atoms with Gasteiger partial charge in [-0.15, -0.1) is 0 Å². The van der Waals surface area contributed by atoms with Gasteiger partial charge in [0.25, 0.3) is 5.91 Å². The normalized spacial score (nSPS) is 9.95. The van der Waals surface area contributed by atoms with Gasteiger partial charge in [0.15, 0.2) is 0 Å². The zero-order valence-electron chi connectivity index (χ0n) is 10.9. The summed E-state index contributed by atoms with van der Waals surface area (Å²) in [5.74, 6) is 0.712. The van der Waals surface area contributed by atoms with Gasteiger partial charge in [0, 0.05) is 23.9 Å². The fourth-order valence-corrected chi connectivity index (χ4v) is 1.67. The van der Waals surface area contributed by atoms with E-state index >= 15 is 0 Å². The van der Waals surface area contributed by atoms with Crippen molar-refractivity contribution in [3.05, 3.63) is 41.4 Å². The molecule has 1 heterocycles. The highest BCUT2D eigenvalue weighted by atomic mass is 35.5. The summed E-state index contributed by atoms with van der Waals surface area (Å²) in [7, 11) is 3.06. The number of halogens is 1. The minimum atomic E-state index is -0.421. The number of amides is 1. The van der Waals surface area contributed by atoms with Gasteiger partial charge >= 0.3 is 0 Å². The molecule has 0 bridgehead atoms. The molecule has 0 saturated carbocycles. The number of nitrogens with one attached hydrogen (secondary N) is 1. The van der Waals surface area contributed by atoms with Gasteiger partial charge in [-0.05, 0) is 0 Å². The first-order valence-electron chi connectivity index (χ1n) is 5.64. The standard InChI is InChI=1S/C13H12ClN3O3/c1-19-9-3-8(4-10(5-9)20-2)16-13(18)11-6-15-7-12(14)17-11/h3-7H,1-2H3,(H,16,18). The molecule has 20 heavy (non-hydrogen) atoms. The lowest BCUT2D eigenvalue weighted by molar-refractivity contribution is 0.102. The Kier molecular flexibility index (Phi) is 4.37. The number of nitrogens with zero attached hydrogens (tertiary/aromatic N) is 2. The molecule has 0 radical (unpaired) electrons. The van der Waals surface area contributed by atoms with Crippen LogP contribution in [0.1, 0.15) is 10.5 Å². The largest absolute Gasteiger partial charge is 0.497 e. The van der Waals surface area contributed by atoms with Crippen molar-refractivity contribution in [2.24, 2.45) is 0 Å². The molecule has 1 aromatic heterocycles. The van der Waals surface area contributed by atoms with E-state index in [1.54, 1.807) is 18.2 Å². The highest BCUT2D eigenvalue weighted by Gasteiger charge is 2.10. The third kappa shape index (κ3) is 3.36. The molecule has 0 fully saturated rings. The van der Waals surface area contributed by atoms with E-state index in [1.165, 1.54) is 26.6 Å². The Labute approximate surface area is 120 Å². The second-order valence-electron chi connectivity index (χ2n) is 3.78. The first-order chi connectivity index (χ1) is 9.62. The second kappa shape index (κ2) is 6.21. The number of hydrogen-bond acceptors (Lipinski definition) is 5. The van der Waals surface area contributed by atoms with Crippen molar-refractivity contribution in [3.63, 3.8) is 0 Å². The summed E-state index contributed by atoms with van der Waals surface area (Å²) in [5.41, 5.74) is 0.646. The quantitative estimate of drug-likeness (QED) is 0.937. The van der Waals surface area contributed by atoms with Crippen molar-refractivity contribution in [2.45, 2.75) is 0 Å². The van der Waals surface area contributed by atoms with Crippen LogP contribution in [0.2, 0.25) is 5.15 Å². The Morgan fingerprint density at radius 2 is 1.80 bits per heavy atom. The van der Waals surface area contributed by atoms with Crippen molar-refractivity contribution in [1.82, 2.24) is 9.97 Å². The molecular formula is C13H12ClN3O3. The minimum absolute atomic E-state index is 0.124. The molecule has 6 nitrogen and oxygen atoms in total. The zero-order chi connectivity index (χ0) is 14.5. The van der Waals surface area contributed by atoms with E-state index in [2.05, 4.69) is 15.3 Å². The molecule has 0 spiro atoms. The second-order valence-corrected chi connectivity index (χ2v) is 4.17. The number of carbonyl (C=O) groups excluding carboxylic acids is 1. The molecule has 0 saturated heterocycles. The van der Waals surface area contributed by atoms with E-state index in [9.17, 15) is 4.79 Å². The summed E-state index contributed by atoms with van der Waals surface area (Å²) in [4.78, 5) is 19.7. The molecule has 0 atom stereocenters. The first-order valence-corrected chi connectivity index (χ1v) is 6.02. The van der Waals surface area contributed by atoms with E-state index < -0.39 is 5.91 Å². The number of anilines is 1. The predicted octanol–water partition coefficient (Wildman–Crippen LogP) is 2.40. The highest BCUT2D eigenvalue weighted by Crippen LogP contribution is 2.26. The lowest BCUT2D eigenvalue weighted by Crippen LogP contribution is -2.14. The highest BCUT2D eigenvalue weighted by molar-refractivity contribution is 6.29. The number of benzene rings is 1. The van der Waals surface area contributed by atoms with Crippen molar-refractivity contribution in [3.8, 4) is 11.5 Å². The summed E-state index contributed by atoms with van der Waals surface area (Å²) in [6.07, 6.45) is 2.69. The zero-order valence-corrected chi connectivity index (χ0v) is 11.6. The molecule has 0 unspecified atom stereocenters. The Bertz CT molecular complexity index is 612. The summed E-state index contributed by atoms with van der Waals surface area (Å²) >= 11 is 5.69. The Hall–Kier alpha value is -2.34. The van der Waals surface area contributed by atoms with E-state index in [0.717, 1.165) is 0 Å². The van der Waals surface area contributed by atoms with Gasteiger partial charge in [-0.25, -0.2) is 4.98 Å². The molecule has 0 aliphatic rings. The molecule has 2 aromatic rings. The van der Waals surface area contributed by atoms with E-state index in [4.69, 9.17) is 21.1 Å². The number of ether oxygens (including phenoxy) is 2. The predicted molar refractivity (Wildman–Crippen MR) is 74.5 cm³/mol. The molecule has 7 heteroatoms. The summed E-state index contributed by atoms with van der Waals surface area (Å²) in [6.45, 7) is 0. The van der Waals surface area contributed by atoms with Crippen LogP contribution in [0.25, 0.3) is 0 Å². The van der Waals surface area contributed by atoms with Crippen LogP contribution in [-0.4, -0.2) is 30.1 Å². The number of methoxy groups -OCH3 is 2. The fraction of sp³-hybridized carbons (Fsp3) is 0.154. The van der Waals surface area contributed by atoms with E-state index in [1.807, 2.05) is 0 Å². The molecule has 1 aromatic carbocycles. The number of hydrogen-bond donors (Lipinski definition) is 1. The van der Waals surface area contributed by atoms with Gasteiger partial charge < -0.3 is 14.8 Å². The van der Waals surface area contributed by atoms with Gasteiger partial charge in [-0.1, -0.05) is 11.6 Å². The number of carbonyl (C=O) groups is 1. The van der Waals surface area contributed by atoms with Crippen LogP contribution in [0.4, 0.5) is 5.69 Å². The van der Waals surface area contributed by atoms with Crippen LogP contribution in [0, 0.1) is 0 Å². The molecule has 0 aliphatic heterocycles. The van der Waals surface area contributed by atoms with Crippen molar-refractivity contribution < 1.29 is 14.3 Å². The summed E-state index contributed by atoms with van der Waals surface area (Å²) in [6, 6.07) is 5.03. The molecular weight excluding hydrogens is 282 g/mol. The Balaban J connectivity index is 2.23. The van der Waals surface area contributed by atoms with Crippen LogP contribution < -0.4 is 14.8 Å². The SMILES string of the molecule is COc1cc(NC(=O)c2cncc(Cl)n2)cc(OC)c1. The average Bonchev–Trinajstić information content (AvgIpc) is 2.46. The van der Waals surface area contributed by atoms with Gasteiger partial charge in [0.05, 0.1) is 26.6 Å². The molecule has 1 N–H and O–H groups in total. The third-order valence-electron chi connectivity index (χ3n) is 2.45. The maximum atomic E-state index is 12.0. The maximum Gasteiger partial charge on any atom is 0.275 e. The van der Waals surface area contributed by atoms with Crippen molar-refractivity contribution in [1.29, 1.82) is 0 Å². The number of aromatic nitrogens is 2. The van der Waals surface area contributed by atoms with Crippen LogP contribution >= 0.6 is 11.6 Å². The van der Waals surface area contributed by atoms with Gasteiger partial charge in [0.1, 0.15) is 22.3 Å². The molecule has 0 aliphatic carbocycles. The topological polar surface area (TPSA) is 73.3 Å². The molecule has 1 amide bonds. The number of rotatable bonds is 4. The van der Waals surface area contributed by atoms with Gasteiger partial charge in [0.2, 0.25) is 0 Å². The molecule has 104 valence electrons. The lowest BCUT2D eigenvalue weighted by Gasteiger charge is -2.09. The van der Waals surface area contributed by atoms with Crippen LogP contribution in [0.3, 0.4) is 0 Å². The monoisotopic (exact) mass is 293 g/mol. The minimum Gasteiger partial charge on any atom is -0.497 e. The third-order valence-corrected chi connectivity index (χ3v) is 2.63. The average molecular weight is 294 g/mol. The smallest absolute Gasteiger partial charge is 0.275 e. The van der Waals surface area contributed by atoms with Crippen LogP contribution in [0.5, 0.6) is 11.5 Å². The van der Waals surface area contributed by atoms with E-state index in [0.29, 0.717) is 17.2 Å². The summed E-state index contributed by atoms with van der Waals surface area (Å²) < 4.78 is 10.2.